The molecule has 8 heteroatoms. The number of anilines is 3. The van der Waals surface area contributed by atoms with Crippen LogP contribution in [0.2, 0.25) is 5.02 Å². The second-order valence-corrected chi connectivity index (χ2v) is 6.33. The number of carbonyl (C=O) groups is 1. The fourth-order valence-corrected chi connectivity index (χ4v) is 2.65. The van der Waals surface area contributed by atoms with Crippen LogP contribution < -0.4 is 20.1 Å². The van der Waals surface area contributed by atoms with E-state index in [0.717, 1.165) is 11.3 Å². The van der Waals surface area contributed by atoms with E-state index in [1.54, 1.807) is 31.4 Å². The molecule has 0 spiro atoms. The van der Waals surface area contributed by atoms with E-state index in [9.17, 15) is 4.79 Å². The normalized spacial score (nSPS) is 10.3. The van der Waals surface area contributed by atoms with Crippen molar-refractivity contribution in [1.82, 2.24) is 9.97 Å². The van der Waals surface area contributed by atoms with Gasteiger partial charge >= 0.3 is 0 Å². The Morgan fingerprint density at radius 3 is 2.50 bits per heavy atom. The van der Waals surface area contributed by atoms with Crippen molar-refractivity contribution >= 4 is 34.7 Å². The Bertz CT molecular complexity index is 993. The van der Waals surface area contributed by atoms with Gasteiger partial charge in [-0.2, -0.15) is 0 Å². The molecule has 3 rings (SSSR count). The fraction of sp³-hybridized carbons (Fsp3) is 0.150. The average molecular weight is 399 g/mol. The molecule has 2 aromatic carbocycles. The topological polar surface area (TPSA) is 85.4 Å². The number of amides is 1. The van der Waals surface area contributed by atoms with Gasteiger partial charge < -0.3 is 20.1 Å². The second kappa shape index (κ2) is 8.58. The third-order valence-corrected chi connectivity index (χ3v) is 4.24. The summed E-state index contributed by atoms with van der Waals surface area (Å²) >= 11 is 6.03. The van der Waals surface area contributed by atoms with Gasteiger partial charge in [0, 0.05) is 16.8 Å². The smallest absolute Gasteiger partial charge is 0.275 e. The highest BCUT2D eigenvalue weighted by Gasteiger charge is 2.13. The van der Waals surface area contributed by atoms with E-state index >= 15 is 0 Å². The number of methoxy groups -OCH3 is 2. The fourth-order valence-electron chi connectivity index (χ4n) is 2.47. The third-order valence-electron chi connectivity index (χ3n) is 4.00. The summed E-state index contributed by atoms with van der Waals surface area (Å²) in [5.41, 5.74) is 2.47. The number of nitrogens with one attached hydrogen (secondary N) is 2. The molecular weight excluding hydrogens is 380 g/mol. The van der Waals surface area contributed by atoms with Crippen LogP contribution in [0.15, 0.2) is 48.8 Å². The van der Waals surface area contributed by atoms with Gasteiger partial charge in [0.1, 0.15) is 23.0 Å². The minimum absolute atomic E-state index is 0.165. The lowest BCUT2D eigenvalue weighted by Crippen LogP contribution is -2.15. The van der Waals surface area contributed by atoms with Crippen molar-refractivity contribution in [2.75, 3.05) is 24.9 Å². The van der Waals surface area contributed by atoms with E-state index in [1.165, 1.54) is 19.5 Å². The summed E-state index contributed by atoms with van der Waals surface area (Å²) in [6.45, 7) is 1.95. The first-order chi connectivity index (χ1) is 13.5. The number of aryl methyl sites for hydroxylation is 1. The highest BCUT2D eigenvalue weighted by molar-refractivity contribution is 6.30. The van der Waals surface area contributed by atoms with Crippen molar-refractivity contribution < 1.29 is 14.3 Å². The summed E-state index contributed by atoms with van der Waals surface area (Å²) in [5.74, 6) is 1.20. The van der Waals surface area contributed by atoms with Gasteiger partial charge in [0.2, 0.25) is 0 Å². The number of nitrogens with zero attached hydrogens (tertiary/aromatic N) is 2. The van der Waals surface area contributed by atoms with E-state index < -0.39 is 5.91 Å². The highest BCUT2D eigenvalue weighted by Crippen LogP contribution is 2.29. The molecule has 0 unspecified atom stereocenters. The van der Waals surface area contributed by atoms with Gasteiger partial charge in [-0.25, -0.2) is 9.97 Å². The Morgan fingerprint density at radius 1 is 1.00 bits per heavy atom. The van der Waals surface area contributed by atoms with Crippen LogP contribution in [0.3, 0.4) is 0 Å². The largest absolute Gasteiger partial charge is 0.497 e. The molecule has 0 saturated heterocycles. The maximum Gasteiger partial charge on any atom is 0.275 e. The number of carbonyl (C=O) groups excluding carboxylic acids is 1. The summed E-state index contributed by atoms with van der Waals surface area (Å²) < 4.78 is 10.4. The van der Waals surface area contributed by atoms with Crippen LogP contribution in [0.5, 0.6) is 11.5 Å². The average Bonchev–Trinajstić information content (AvgIpc) is 2.71. The zero-order valence-electron chi connectivity index (χ0n) is 15.6. The lowest BCUT2D eigenvalue weighted by molar-refractivity contribution is 0.102. The summed E-state index contributed by atoms with van der Waals surface area (Å²) in [5, 5.41) is 6.50. The summed E-state index contributed by atoms with van der Waals surface area (Å²) in [6, 6.07) is 10.6. The molecule has 144 valence electrons. The molecule has 1 heterocycles. The van der Waals surface area contributed by atoms with E-state index in [4.69, 9.17) is 21.1 Å². The molecule has 0 atom stereocenters. The van der Waals surface area contributed by atoms with Crippen LogP contribution in [-0.4, -0.2) is 30.1 Å². The minimum Gasteiger partial charge on any atom is -0.497 e. The third kappa shape index (κ3) is 4.50. The maximum atomic E-state index is 12.5. The molecule has 1 amide bonds. The minimum atomic E-state index is -0.412. The first-order valence-electron chi connectivity index (χ1n) is 8.38. The Morgan fingerprint density at radius 2 is 1.82 bits per heavy atom. The van der Waals surface area contributed by atoms with Crippen molar-refractivity contribution in [3.63, 3.8) is 0 Å². The first-order valence-corrected chi connectivity index (χ1v) is 8.76. The molecule has 7 nitrogen and oxygen atoms in total. The highest BCUT2D eigenvalue weighted by atomic mass is 35.5. The molecule has 0 aliphatic rings. The zero-order valence-corrected chi connectivity index (χ0v) is 16.4. The Hall–Kier alpha value is -3.32. The monoisotopic (exact) mass is 398 g/mol. The van der Waals surface area contributed by atoms with Crippen molar-refractivity contribution in [1.29, 1.82) is 0 Å². The van der Waals surface area contributed by atoms with Gasteiger partial charge in [-0.05, 0) is 36.8 Å². The molecule has 0 radical (unpaired) electrons. The van der Waals surface area contributed by atoms with E-state index in [1.807, 2.05) is 19.1 Å². The molecule has 0 aliphatic heterocycles. The van der Waals surface area contributed by atoms with E-state index in [-0.39, 0.29) is 5.69 Å². The number of benzene rings is 2. The number of hydrogen-bond acceptors (Lipinski definition) is 6. The number of ether oxygens (including phenoxy) is 2. The van der Waals surface area contributed by atoms with Crippen LogP contribution in [-0.2, 0) is 0 Å². The van der Waals surface area contributed by atoms with Crippen molar-refractivity contribution in [2.45, 2.75) is 6.92 Å². The molecule has 0 aliphatic carbocycles. The predicted molar refractivity (Wildman–Crippen MR) is 109 cm³/mol. The molecule has 28 heavy (non-hydrogen) atoms. The van der Waals surface area contributed by atoms with Crippen LogP contribution >= 0.6 is 11.6 Å². The lowest BCUT2D eigenvalue weighted by atomic mass is 10.2. The van der Waals surface area contributed by atoms with E-state index in [0.29, 0.717) is 28.0 Å². The standard InChI is InChI=1S/C20H19ClN4O3/c1-12-4-5-13(21)8-15(12)24-19-11-22-17(10-23-19)20(26)25-16-9-14(27-2)6-7-18(16)28-3/h4-11H,1-3H3,(H,23,24)(H,25,26). The molecule has 0 bridgehead atoms. The van der Waals surface area contributed by atoms with Gasteiger partial charge in [-0.3, -0.25) is 4.79 Å². The van der Waals surface area contributed by atoms with Crippen molar-refractivity contribution in [3.8, 4) is 11.5 Å². The molecular formula is C20H19ClN4O3. The van der Waals surface area contributed by atoms with Crippen LogP contribution in [0, 0.1) is 6.92 Å². The van der Waals surface area contributed by atoms with E-state index in [2.05, 4.69) is 20.6 Å². The number of halogens is 1. The Balaban J connectivity index is 1.74. The maximum absolute atomic E-state index is 12.5. The molecule has 3 aromatic rings. The quantitative estimate of drug-likeness (QED) is 0.638. The first kappa shape index (κ1) is 19.4. The van der Waals surface area contributed by atoms with Gasteiger partial charge in [0.15, 0.2) is 0 Å². The van der Waals surface area contributed by atoms with Crippen molar-refractivity contribution in [3.05, 3.63) is 65.1 Å². The second-order valence-electron chi connectivity index (χ2n) is 5.89. The van der Waals surface area contributed by atoms with Gasteiger partial charge in [-0.1, -0.05) is 17.7 Å². The summed E-state index contributed by atoms with van der Waals surface area (Å²) in [7, 11) is 3.07. The van der Waals surface area contributed by atoms with Gasteiger partial charge in [0.05, 0.1) is 32.3 Å². The van der Waals surface area contributed by atoms with Crippen molar-refractivity contribution in [2.24, 2.45) is 0 Å². The van der Waals surface area contributed by atoms with Gasteiger partial charge in [0.25, 0.3) is 5.91 Å². The zero-order chi connectivity index (χ0) is 20.1. The molecule has 0 fully saturated rings. The molecule has 2 N–H and O–H groups in total. The Labute approximate surface area is 167 Å². The van der Waals surface area contributed by atoms with Crippen LogP contribution in [0.1, 0.15) is 16.1 Å². The molecule has 0 saturated carbocycles. The summed E-state index contributed by atoms with van der Waals surface area (Å²) in [4.78, 5) is 20.9. The van der Waals surface area contributed by atoms with Crippen LogP contribution in [0.25, 0.3) is 0 Å². The number of rotatable bonds is 6. The van der Waals surface area contributed by atoms with Crippen LogP contribution in [0.4, 0.5) is 17.2 Å². The number of aromatic nitrogens is 2. The van der Waals surface area contributed by atoms with Gasteiger partial charge in [-0.15, -0.1) is 0 Å². The predicted octanol–water partition coefficient (Wildman–Crippen LogP) is 4.45. The summed E-state index contributed by atoms with van der Waals surface area (Å²) in [6.07, 6.45) is 2.88. The SMILES string of the molecule is COc1ccc(OC)c(NC(=O)c2cnc(Nc3cc(Cl)ccc3C)cn2)c1. The lowest BCUT2D eigenvalue weighted by Gasteiger charge is -2.12. The Kier molecular flexibility index (Phi) is 5.96. The number of hydrogen-bond donors (Lipinski definition) is 2. The molecule has 1 aromatic heterocycles.